The van der Waals surface area contributed by atoms with Gasteiger partial charge in [-0.15, -0.1) is 11.8 Å². The molecule has 0 spiro atoms. The third kappa shape index (κ3) is 5.17. The standard InChI is InChI=1S/C14H18OS/c1-11(2)8-9-16-14-6-4-13(5-7-14)10-12(3)15/h4-8H,9-10H2,1-3H3. The maximum atomic E-state index is 10.9. The lowest BCUT2D eigenvalue weighted by atomic mass is 10.1. The maximum Gasteiger partial charge on any atom is 0.134 e. The van der Waals surface area contributed by atoms with Crippen LogP contribution in [0.3, 0.4) is 0 Å². The summed E-state index contributed by atoms with van der Waals surface area (Å²) in [5, 5.41) is 0. The lowest BCUT2D eigenvalue weighted by Crippen LogP contribution is -1.95. The van der Waals surface area contributed by atoms with Gasteiger partial charge >= 0.3 is 0 Å². The van der Waals surface area contributed by atoms with Crippen LogP contribution in [-0.2, 0) is 11.2 Å². The third-order valence-corrected chi connectivity index (χ3v) is 3.06. The van der Waals surface area contributed by atoms with E-state index in [1.165, 1.54) is 10.5 Å². The summed E-state index contributed by atoms with van der Waals surface area (Å²) >= 11 is 1.82. The highest BCUT2D eigenvalue weighted by Gasteiger charge is 1.98. The Kier molecular flexibility index (Phi) is 5.33. The molecule has 0 aliphatic heterocycles. The molecule has 1 aromatic rings. The lowest BCUT2D eigenvalue weighted by molar-refractivity contribution is -0.116. The van der Waals surface area contributed by atoms with Gasteiger partial charge in [-0.3, -0.25) is 4.79 Å². The molecular formula is C14H18OS. The van der Waals surface area contributed by atoms with E-state index in [0.29, 0.717) is 6.42 Å². The molecule has 1 aromatic carbocycles. The van der Waals surface area contributed by atoms with Crippen LogP contribution >= 0.6 is 11.8 Å². The fourth-order valence-corrected chi connectivity index (χ4v) is 2.23. The number of allylic oxidation sites excluding steroid dienone is 1. The third-order valence-electron chi connectivity index (χ3n) is 2.12. The Balaban J connectivity index is 2.51. The number of hydrogen-bond acceptors (Lipinski definition) is 2. The molecule has 0 heterocycles. The minimum absolute atomic E-state index is 0.213. The van der Waals surface area contributed by atoms with Crippen LogP contribution < -0.4 is 0 Å². The smallest absolute Gasteiger partial charge is 0.134 e. The number of hydrogen-bond donors (Lipinski definition) is 0. The fraction of sp³-hybridized carbons (Fsp3) is 0.357. The summed E-state index contributed by atoms with van der Waals surface area (Å²) in [6.07, 6.45) is 2.76. The number of carbonyl (C=O) groups excluding carboxylic acids is 1. The van der Waals surface area contributed by atoms with Crippen LogP contribution in [0.1, 0.15) is 26.3 Å². The summed E-state index contributed by atoms with van der Waals surface area (Å²) in [4.78, 5) is 12.2. The van der Waals surface area contributed by atoms with E-state index in [1.54, 1.807) is 6.92 Å². The molecule has 0 aliphatic carbocycles. The molecule has 1 nitrogen and oxygen atoms in total. The summed E-state index contributed by atoms with van der Waals surface area (Å²) < 4.78 is 0. The van der Waals surface area contributed by atoms with Gasteiger partial charge in [-0.1, -0.05) is 23.8 Å². The molecule has 0 saturated carbocycles. The monoisotopic (exact) mass is 234 g/mol. The van der Waals surface area contributed by atoms with Crippen LogP contribution in [0.4, 0.5) is 0 Å². The van der Waals surface area contributed by atoms with Crippen LogP contribution in [0, 0.1) is 0 Å². The molecule has 0 radical (unpaired) electrons. The van der Waals surface area contributed by atoms with Gasteiger partial charge in [-0.05, 0) is 38.5 Å². The molecule has 0 fully saturated rings. The highest BCUT2D eigenvalue weighted by molar-refractivity contribution is 7.99. The van der Waals surface area contributed by atoms with Crippen molar-refractivity contribution in [3.05, 3.63) is 41.5 Å². The zero-order valence-corrected chi connectivity index (χ0v) is 10.9. The molecule has 16 heavy (non-hydrogen) atoms. The van der Waals surface area contributed by atoms with Gasteiger partial charge in [0, 0.05) is 17.1 Å². The summed E-state index contributed by atoms with van der Waals surface area (Å²) in [5.74, 6) is 1.22. The van der Waals surface area contributed by atoms with E-state index in [2.05, 4.69) is 32.1 Å². The Morgan fingerprint density at radius 3 is 2.31 bits per heavy atom. The van der Waals surface area contributed by atoms with Gasteiger partial charge in [0.2, 0.25) is 0 Å². The van der Waals surface area contributed by atoms with Crippen molar-refractivity contribution in [3.63, 3.8) is 0 Å². The van der Waals surface area contributed by atoms with Gasteiger partial charge < -0.3 is 0 Å². The molecule has 0 amide bonds. The molecule has 0 unspecified atom stereocenters. The molecular weight excluding hydrogens is 216 g/mol. The number of rotatable bonds is 5. The van der Waals surface area contributed by atoms with Gasteiger partial charge in [0.05, 0.1) is 0 Å². The normalized spacial score (nSPS) is 9.94. The molecule has 0 bridgehead atoms. The molecule has 1 rings (SSSR count). The van der Waals surface area contributed by atoms with Crippen molar-refractivity contribution in [2.24, 2.45) is 0 Å². The molecule has 0 aromatic heterocycles. The van der Waals surface area contributed by atoms with Crippen LogP contribution in [-0.4, -0.2) is 11.5 Å². The summed E-state index contributed by atoms with van der Waals surface area (Å²) in [5.41, 5.74) is 2.44. The lowest BCUT2D eigenvalue weighted by Gasteiger charge is -2.01. The van der Waals surface area contributed by atoms with E-state index in [0.717, 1.165) is 11.3 Å². The second kappa shape index (κ2) is 6.54. The highest BCUT2D eigenvalue weighted by Crippen LogP contribution is 2.19. The van der Waals surface area contributed by atoms with Crippen molar-refractivity contribution < 1.29 is 4.79 Å². The Hall–Kier alpha value is -1.02. The summed E-state index contributed by atoms with van der Waals surface area (Å²) in [6, 6.07) is 8.24. The van der Waals surface area contributed by atoms with Crippen LogP contribution in [0.5, 0.6) is 0 Å². The van der Waals surface area contributed by atoms with E-state index >= 15 is 0 Å². The summed E-state index contributed by atoms with van der Waals surface area (Å²) in [7, 11) is 0. The number of benzene rings is 1. The average Bonchev–Trinajstić information content (AvgIpc) is 2.19. The van der Waals surface area contributed by atoms with Crippen LogP contribution in [0.2, 0.25) is 0 Å². The molecule has 0 saturated heterocycles. The zero-order valence-electron chi connectivity index (χ0n) is 10.1. The van der Waals surface area contributed by atoms with Gasteiger partial charge in [0.25, 0.3) is 0 Å². The first kappa shape index (κ1) is 13.0. The number of Topliss-reactive ketones (excluding diaryl/α,β-unsaturated/α-hetero) is 1. The SMILES string of the molecule is CC(=O)Cc1ccc(SCC=C(C)C)cc1. The van der Waals surface area contributed by atoms with E-state index in [4.69, 9.17) is 0 Å². The highest BCUT2D eigenvalue weighted by atomic mass is 32.2. The van der Waals surface area contributed by atoms with Crippen molar-refractivity contribution in [2.75, 3.05) is 5.75 Å². The van der Waals surface area contributed by atoms with Gasteiger partial charge in [0.15, 0.2) is 0 Å². The zero-order chi connectivity index (χ0) is 12.0. The van der Waals surface area contributed by atoms with E-state index < -0.39 is 0 Å². The first-order chi connectivity index (χ1) is 7.58. The van der Waals surface area contributed by atoms with E-state index in [-0.39, 0.29) is 5.78 Å². The topological polar surface area (TPSA) is 17.1 Å². The minimum atomic E-state index is 0.213. The number of carbonyl (C=O) groups is 1. The molecule has 2 heteroatoms. The fourth-order valence-electron chi connectivity index (χ4n) is 1.30. The maximum absolute atomic E-state index is 10.9. The van der Waals surface area contributed by atoms with E-state index in [1.807, 2.05) is 23.9 Å². The van der Waals surface area contributed by atoms with Crippen molar-refractivity contribution in [1.82, 2.24) is 0 Å². The predicted molar refractivity (Wildman–Crippen MR) is 71.0 cm³/mol. The van der Waals surface area contributed by atoms with Crippen molar-refractivity contribution in [2.45, 2.75) is 32.1 Å². The molecule has 0 atom stereocenters. The molecule has 0 N–H and O–H groups in total. The second-order valence-electron chi connectivity index (χ2n) is 4.12. The Morgan fingerprint density at radius 1 is 1.19 bits per heavy atom. The van der Waals surface area contributed by atoms with Crippen molar-refractivity contribution in [1.29, 1.82) is 0 Å². The average molecular weight is 234 g/mol. The number of thioether (sulfide) groups is 1. The van der Waals surface area contributed by atoms with Crippen molar-refractivity contribution in [3.8, 4) is 0 Å². The van der Waals surface area contributed by atoms with Crippen molar-refractivity contribution >= 4 is 17.5 Å². The van der Waals surface area contributed by atoms with Crippen LogP contribution in [0.15, 0.2) is 40.8 Å². The summed E-state index contributed by atoms with van der Waals surface area (Å²) in [6.45, 7) is 5.84. The second-order valence-corrected chi connectivity index (χ2v) is 5.21. The number of ketones is 1. The van der Waals surface area contributed by atoms with Crippen LogP contribution in [0.25, 0.3) is 0 Å². The first-order valence-corrected chi connectivity index (χ1v) is 6.41. The first-order valence-electron chi connectivity index (χ1n) is 5.42. The molecule has 86 valence electrons. The Morgan fingerprint density at radius 2 is 1.81 bits per heavy atom. The van der Waals surface area contributed by atoms with Gasteiger partial charge in [-0.2, -0.15) is 0 Å². The van der Waals surface area contributed by atoms with Gasteiger partial charge in [0.1, 0.15) is 5.78 Å². The Labute approximate surface area is 102 Å². The minimum Gasteiger partial charge on any atom is -0.300 e. The van der Waals surface area contributed by atoms with E-state index in [9.17, 15) is 4.79 Å². The quantitative estimate of drug-likeness (QED) is 0.568. The molecule has 0 aliphatic rings. The Bertz CT molecular complexity index is 372. The largest absolute Gasteiger partial charge is 0.300 e. The predicted octanol–water partition coefficient (Wildman–Crippen LogP) is 3.88. The van der Waals surface area contributed by atoms with Gasteiger partial charge in [-0.25, -0.2) is 0 Å².